The summed E-state index contributed by atoms with van der Waals surface area (Å²) in [6.07, 6.45) is 0. The zero-order chi connectivity index (χ0) is 14.9. The van der Waals surface area contributed by atoms with Gasteiger partial charge in [-0.05, 0) is 45.1 Å². The van der Waals surface area contributed by atoms with Crippen LogP contribution in [-0.4, -0.2) is 15.4 Å². The van der Waals surface area contributed by atoms with E-state index in [0.29, 0.717) is 15.2 Å². The summed E-state index contributed by atoms with van der Waals surface area (Å²) in [7, 11) is 1.46. The van der Waals surface area contributed by atoms with E-state index in [-0.39, 0.29) is 11.5 Å². The van der Waals surface area contributed by atoms with Crippen LogP contribution >= 0.6 is 27.5 Å². The van der Waals surface area contributed by atoms with Crippen molar-refractivity contribution in [3.63, 3.8) is 0 Å². The first-order valence-corrected chi connectivity index (χ1v) is 6.63. The Hall–Kier alpha value is -1.86. The van der Waals surface area contributed by atoms with Crippen molar-refractivity contribution in [1.29, 1.82) is 0 Å². The Labute approximate surface area is 127 Å². The maximum absolute atomic E-state index is 12.1. The van der Waals surface area contributed by atoms with Crippen LogP contribution in [0.25, 0.3) is 0 Å². The Balaban J connectivity index is 2.24. The first kappa shape index (κ1) is 14.5. The van der Waals surface area contributed by atoms with Gasteiger partial charge < -0.3 is 15.4 Å². The van der Waals surface area contributed by atoms with Gasteiger partial charge in [0.2, 0.25) is 0 Å². The van der Waals surface area contributed by atoms with Crippen molar-refractivity contribution >= 4 is 44.9 Å². The fourth-order valence-electron chi connectivity index (χ4n) is 1.68. The molecule has 1 aromatic carbocycles. The van der Waals surface area contributed by atoms with E-state index in [1.807, 2.05) is 0 Å². The lowest BCUT2D eigenvalue weighted by molar-refractivity contribution is -0.391. The van der Waals surface area contributed by atoms with Crippen LogP contribution in [0.4, 0.5) is 11.5 Å². The quantitative estimate of drug-likeness (QED) is 0.672. The number of nitrogens with zero attached hydrogens (tertiary/aromatic N) is 2. The van der Waals surface area contributed by atoms with Gasteiger partial charge in [0.05, 0.1) is 12.1 Å². The lowest BCUT2D eigenvalue weighted by Crippen LogP contribution is -2.16. The van der Waals surface area contributed by atoms with Gasteiger partial charge in [-0.25, -0.2) is 4.57 Å². The molecule has 0 saturated heterocycles. The standard InChI is InChI=1S/C12H9BrClN3O3/c1-16-10(4-5-11(16)17(19)20)12(18)15-7-2-3-9(14)8(13)6-7/h2-6H,1H3,(H,15,18). The molecular weight excluding hydrogens is 350 g/mol. The number of aromatic nitrogens is 1. The van der Waals surface area contributed by atoms with Crippen molar-refractivity contribution in [2.45, 2.75) is 0 Å². The summed E-state index contributed by atoms with van der Waals surface area (Å²) >= 11 is 9.11. The summed E-state index contributed by atoms with van der Waals surface area (Å²) in [5.41, 5.74) is 0.734. The molecule has 0 unspecified atom stereocenters. The average Bonchev–Trinajstić information content (AvgIpc) is 2.76. The van der Waals surface area contributed by atoms with Gasteiger partial charge in [-0.2, -0.15) is 0 Å². The zero-order valence-corrected chi connectivity index (χ0v) is 12.6. The SMILES string of the molecule is Cn1c(C(=O)Nc2ccc(Cl)c(Br)c2)ccc1[N+](=O)[O-]. The molecule has 2 aromatic rings. The fraction of sp³-hybridized carbons (Fsp3) is 0.0833. The van der Waals surface area contributed by atoms with Crippen molar-refractivity contribution in [2.24, 2.45) is 7.05 Å². The number of nitro groups is 1. The van der Waals surface area contributed by atoms with Crippen molar-refractivity contribution in [1.82, 2.24) is 4.57 Å². The van der Waals surface area contributed by atoms with Gasteiger partial charge >= 0.3 is 5.82 Å². The largest absolute Gasteiger partial charge is 0.358 e. The normalized spacial score (nSPS) is 10.3. The molecule has 0 fully saturated rings. The number of amides is 1. The lowest BCUT2D eigenvalue weighted by Gasteiger charge is -2.05. The van der Waals surface area contributed by atoms with Gasteiger partial charge in [-0.1, -0.05) is 11.6 Å². The molecule has 0 aliphatic carbocycles. The number of carbonyl (C=O) groups excluding carboxylic acids is 1. The smallest absolute Gasteiger partial charge is 0.323 e. The van der Waals surface area contributed by atoms with Gasteiger partial charge in [0.25, 0.3) is 5.91 Å². The summed E-state index contributed by atoms with van der Waals surface area (Å²) in [6.45, 7) is 0. The van der Waals surface area contributed by atoms with Gasteiger partial charge in [0, 0.05) is 16.2 Å². The highest BCUT2D eigenvalue weighted by molar-refractivity contribution is 9.10. The molecule has 1 amide bonds. The maximum Gasteiger partial charge on any atom is 0.323 e. The molecule has 0 saturated carbocycles. The van der Waals surface area contributed by atoms with Crippen LogP contribution in [0.3, 0.4) is 0 Å². The fourth-order valence-corrected chi connectivity index (χ4v) is 2.18. The summed E-state index contributed by atoms with van der Waals surface area (Å²) in [5.74, 6) is -0.581. The monoisotopic (exact) mass is 357 g/mol. The zero-order valence-electron chi connectivity index (χ0n) is 10.3. The third kappa shape index (κ3) is 2.83. The van der Waals surface area contributed by atoms with Crippen molar-refractivity contribution in [2.75, 3.05) is 5.32 Å². The molecule has 6 nitrogen and oxygen atoms in total. The summed E-state index contributed by atoms with van der Waals surface area (Å²) in [5, 5.41) is 13.9. The van der Waals surface area contributed by atoms with Crippen LogP contribution in [0.15, 0.2) is 34.8 Å². The summed E-state index contributed by atoms with van der Waals surface area (Å²) < 4.78 is 1.87. The molecule has 1 aromatic heterocycles. The Morgan fingerprint density at radius 3 is 2.65 bits per heavy atom. The highest BCUT2D eigenvalue weighted by Gasteiger charge is 2.20. The Bertz CT molecular complexity index is 699. The van der Waals surface area contributed by atoms with E-state index in [9.17, 15) is 14.9 Å². The van der Waals surface area contributed by atoms with E-state index in [2.05, 4.69) is 21.2 Å². The highest BCUT2D eigenvalue weighted by Crippen LogP contribution is 2.26. The van der Waals surface area contributed by atoms with E-state index >= 15 is 0 Å². The van der Waals surface area contributed by atoms with E-state index in [0.717, 1.165) is 0 Å². The third-order valence-electron chi connectivity index (χ3n) is 2.69. The first-order valence-electron chi connectivity index (χ1n) is 5.46. The molecule has 104 valence electrons. The van der Waals surface area contributed by atoms with Crippen molar-refractivity contribution < 1.29 is 9.72 Å². The molecule has 0 radical (unpaired) electrons. The summed E-state index contributed by atoms with van der Waals surface area (Å²) in [4.78, 5) is 22.2. The third-order valence-corrected chi connectivity index (χ3v) is 3.91. The maximum atomic E-state index is 12.1. The molecule has 0 bridgehead atoms. The molecule has 1 N–H and O–H groups in total. The number of hydrogen-bond donors (Lipinski definition) is 1. The second-order valence-corrected chi connectivity index (χ2v) is 5.24. The number of carbonyl (C=O) groups is 1. The van der Waals surface area contributed by atoms with Gasteiger partial charge in [-0.15, -0.1) is 0 Å². The van der Waals surface area contributed by atoms with Crippen LogP contribution < -0.4 is 5.32 Å². The molecule has 20 heavy (non-hydrogen) atoms. The number of halogens is 2. The van der Waals surface area contributed by atoms with Crippen LogP contribution in [0.5, 0.6) is 0 Å². The molecule has 0 atom stereocenters. The number of nitrogens with one attached hydrogen (secondary N) is 1. The number of hydrogen-bond acceptors (Lipinski definition) is 3. The van der Waals surface area contributed by atoms with E-state index < -0.39 is 10.8 Å². The lowest BCUT2D eigenvalue weighted by atomic mass is 10.3. The topological polar surface area (TPSA) is 77.2 Å². The minimum absolute atomic E-state index is 0.146. The van der Waals surface area contributed by atoms with Gasteiger partial charge in [-0.3, -0.25) is 4.79 Å². The van der Waals surface area contributed by atoms with E-state index in [1.54, 1.807) is 18.2 Å². The second kappa shape index (κ2) is 5.64. The van der Waals surface area contributed by atoms with Crippen LogP contribution in [-0.2, 0) is 7.05 Å². The van der Waals surface area contributed by atoms with E-state index in [4.69, 9.17) is 11.6 Å². The molecular formula is C12H9BrClN3O3. The van der Waals surface area contributed by atoms with Crippen LogP contribution in [0.2, 0.25) is 5.02 Å². The van der Waals surface area contributed by atoms with Crippen LogP contribution in [0, 0.1) is 10.1 Å². The molecule has 0 aliphatic heterocycles. The van der Waals surface area contributed by atoms with Crippen molar-refractivity contribution in [3.8, 4) is 0 Å². The minimum Gasteiger partial charge on any atom is -0.358 e. The Kier molecular flexibility index (Phi) is 4.10. The Morgan fingerprint density at radius 1 is 1.40 bits per heavy atom. The molecule has 0 spiro atoms. The highest BCUT2D eigenvalue weighted by atomic mass is 79.9. The molecule has 2 rings (SSSR count). The van der Waals surface area contributed by atoms with E-state index in [1.165, 1.54) is 23.7 Å². The number of rotatable bonds is 3. The molecule has 8 heteroatoms. The van der Waals surface area contributed by atoms with Gasteiger partial charge in [0.15, 0.2) is 5.69 Å². The average molecular weight is 359 g/mol. The predicted molar refractivity (Wildman–Crippen MR) is 79.2 cm³/mol. The first-order chi connectivity index (χ1) is 9.40. The minimum atomic E-state index is -0.546. The molecule has 0 aliphatic rings. The van der Waals surface area contributed by atoms with Crippen molar-refractivity contribution in [3.05, 3.63) is 55.6 Å². The number of anilines is 1. The van der Waals surface area contributed by atoms with Gasteiger partial charge in [0.1, 0.15) is 0 Å². The van der Waals surface area contributed by atoms with Crippen LogP contribution in [0.1, 0.15) is 10.5 Å². The molecule has 1 heterocycles. The Morgan fingerprint density at radius 2 is 2.10 bits per heavy atom. The number of benzene rings is 1. The predicted octanol–water partition coefficient (Wildman–Crippen LogP) is 3.60. The second-order valence-electron chi connectivity index (χ2n) is 3.98. The summed E-state index contributed by atoms with van der Waals surface area (Å²) in [6, 6.07) is 7.61.